The summed E-state index contributed by atoms with van der Waals surface area (Å²) in [5, 5.41) is 1.87. The van der Waals surface area contributed by atoms with E-state index in [0.717, 1.165) is 10.8 Å². The lowest BCUT2D eigenvalue weighted by atomic mass is 10.1. The maximum atomic E-state index is 12.4. The molecule has 0 fully saturated rings. The largest absolute Gasteiger partial charge is 0.481 e. The Kier molecular flexibility index (Phi) is 5.97. The first-order chi connectivity index (χ1) is 13.9. The molecule has 0 spiro atoms. The molecule has 0 aliphatic heterocycles. The number of methoxy groups -OCH3 is 1. The van der Waals surface area contributed by atoms with Crippen LogP contribution >= 0.6 is 0 Å². The second-order valence-electron chi connectivity index (χ2n) is 6.47. The molecule has 0 bridgehead atoms. The predicted molar refractivity (Wildman–Crippen MR) is 106 cm³/mol. The van der Waals surface area contributed by atoms with Gasteiger partial charge in [0.15, 0.2) is 13.2 Å². The Labute approximate surface area is 167 Å². The average molecular weight is 395 g/mol. The van der Waals surface area contributed by atoms with E-state index in [0.29, 0.717) is 22.6 Å². The molecule has 1 aromatic heterocycles. The number of hydrogen-bond acceptors (Lipinski definition) is 6. The second kappa shape index (κ2) is 8.60. The molecule has 0 atom stereocenters. The van der Waals surface area contributed by atoms with Crippen molar-refractivity contribution >= 4 is 28.5 Å². The number of benzene rings is 2. The summed E-state index contributed by atoms with van der Waals surface area (Å²) in [6, 6.07) is 13.2. The summed E-state index contributed by atoms with van der Waals surface area (Å²) in [4.78, 5) is 39.1. The number of carbonyl (C=O) groups is 3. The van der Waals surface area contributed by atoms with Crippen LogP contribution in [0.2, 0.25) is 0 Å². The summed E-state index contributed by atoms with van der Waals surface area (Å²) in [5.41, 5.74) is 1.50. The monoisotopic (exact) mass is 395 g/mol. The van der Waals surface area contributed by atoms with Gasteiger partial charge in [-0.1, -0.05) is 36.4 Å². The van der Waals surface area contributed by atoms with Crippen LogP contribution in [0.1, 0.15) is 32.1 Å². The third kappa shape index (κ3) is 4.29. The van der Waals surface area contributed by atoms with Crippen LogP contribution < -0.4 is 4.74 Å². The van der Waals surface area contributed by atoms with Crippen LogP contribution in [-0.2, 0) is 14.3 Å². The van der Waals surface area contributed by atoms with Gasteiger partial charge in [0, 0.05) is 11.1 Å². The number of nitrogens with one attached hydrogen (secondary N) is 1. The van der Waals surface area contributed by atoms with Gasteiger partial charge in [0.2, 0.25) is 5.78 Å². The Morgan fingerprint density at radius 3 is 2.45 bits per heavy atom. The molecule has 0 aliphatic rings. The molecule has 0 unspecified atom stereocenters. The quantitative estimate of drug-likeness (QED) is 0.487. The zero-order valence-electron chi connectivity index (χ0n) is 16.4. The highest BCUT2D eigenvalue weighted by Crippen LogP contribution is 2.25. The van der Waals surface area contributed by atoms with Crippen molar-refractivity contribution in [3.63, 3.8) is 0 Å². The zero-order valence-corrected chi connectivity index (χ0v) is 16.4. The van der Waals surface area contributed by atoms with E-state index in [9.17, 15) is 14.4 Å². The van der Waals surface area contributed by atoms with Crippen molar-refractivity contribution in [2.45, 2.75) is 13.8 Å². The van der Waals surface area contributed by atoms with E-state index in [1.165, 1.54) is 7.11 Å². The lowest BCUT2D eigenvalue weighted by Gasteiger charge is -2.09. The summed E-state index contributed by atoms with van der Waals surface area (Å²) in [5.74, 6) is -1.08. The minimum atomic E-state index is -0.666. The second-order valence-corrected chi connectivity index (χ2v) is 6.47. The van der Waals surface area contributed by atoms with Crippen LogP contribution in [0, 0.1) is 13.8 Å². The molecule has 0 saturated heterocycles. The maximum absolute atomic E-state index is 12.4. The molecule has 0 amide bonds. The van der Waals surface area contributed by atoms with Gasteiger partial charge in [0.1, 0.15) is 5.75 Å². The van der Waals surface area contributed by atoms with Crippen LogP contribution in [0.3, 0.4) is 0 Å². The minimum Gasteiger partial charge on any atom is -0.481 e. The van der Waals surface area contributed by atoms with Crippen molar-refractivity contribution in [3.8, 4) is 5.75 Å². The van der Waals surface area contributed by atoms with E-state index in [-0.39, 0.29) is 12.3 Å². The molecular weight excluding hydrogens is 374 g/mol. The number of carbonyl (C=O) groups excluding carboxylic acids is 3. The summed E-state index contributed by atoms with van der Waals surface area (Å²) >= 11 is 0. The molecule has 1 heterocycles. The summed E-state index contributed by atoms with van der Waals surface area (Å²) in [7, 11) is 1.27. The number of Topliss-reactive ketones (excluding diaryl/α,β-unsaturated/α-hetero) is 1. The van der Waals surface area contributed by atoms with Crippen LogP contribution in [0.25, 0.3) is 10.8 Å². The van der Waals surface area contributed by atoms with E-state index in [1.807, 2.05) is 36.4 Å². The predicted octanol–water partition coefficient (Wildman–Crippen LogP) is 3.38. The molecule has 0 radical (unpaired) electrons. The van der Waals surface area contributed by atoms with Gasteiger partial charge >= 0.3 is 11.9 Å². The van der Waals surface area contributed by atoms with Gasteiger partial charge in [0.25, 0.3) is 0 Å². The number of esters is 2. The fourth-order valence-electron chi connectivity index (χ4n) is 3.16. The number of rotatable bonds is 7. The first kappa shape index (κ1) is 20.1. The molecule has 3 rings (SSSR count). The van der Waals surface area contributed by atoms with Gasteiger partial charge in [-0.2, -0.15) is 0 Å². The van der Waals surface area contributed by atoms with Gasteiger partial charge in [0.05, 0.1) is 18.4 Å². The van der Waals surface area contributed by atoms with Gasteiger partial charge in [-0.15, -0.1) is 0 Å². The number of H-pyrrole nitrogens is 1. The fourth-order valence-corrected chi connectivity index (χ4v) is 3.16. The van der Waals surface area contributed by atoms with Crippen molar-refractivity contribution in [2.75, 3.05) is 20.3 Å². The summed E-state index contributed by atoms with van der Waals surface area (Å²) in [6.45, 7) is 2.52. The lowest BCUT2D eigenvalue weighted by Crippen LogP contribution is -2.20. The van der Waals surface area contributed by atoms with Gasteiger partial charge < -0.3 is 19.2 Å². The Bertz CT molecular complexity index is 1080. The molecule has 29 heavy (non-hydrogen) atoms. The smallest absolute Gasteiger partial charge is 0.344 e. The SMILES string of the molecule is COC(=O)c1c(C)[nH]c(C(=O)COC(=O)COc2cccc3ccccc23)c1C. The van der Waals surface area contributed by atoms with Crippen LogP contribution in [0.4, 0.5) is 0 Å². The van der Waals surface area contributed by atoms with Crippen LogP contribution in [0.15, 0.2) is 42.5 Å². The number of hydrogen-bond donors (Lipinski definition) is 1. The highest BCUT2D eigenvalue weighted by atomic mass is 16.6. The number of ether oxygens (including phenoxy) is 3. The molecule has 2 aromatic carbocycles. The summed E-state index contributed by atoms with van der Waals surface area (Å²) in [6.07, 6.45) is 0. The number of ketones is 1. The zero-order chi connectivity index (χ0) is 21.0. The molecular formula is C22H21NO6. The number of fused-ring (bicyclic) bond motifs is 1. The lowest BCUT2D eigenvalue weighted by molar-refractivity contribution is -0.144. The molecule has 0 aliphatic carbocycles. The first-order valence-electron chi connectivity index (χ1n) is 8.99. The van der Waals surface area contributed by atoms with E-state index < -0.39 is 24.3 Å². The topological polar surface area (TPSA) is 94.7 Å². The van der Waals surface area contributed by atoms with Crippen LogP contribution in [-0.4, -0.2) is 43.0 Å². The maximum Gasteiger partial charge on any atom is 0.344 e. The Morgan fingerprint density at radius 1 is 0.966 bits per heavy atom. The molecule has 0 saturated carbocycles. The van der Waals surface area contributed by atoms with Crippen molar-refractivity contribution in [2.24, 2.45) is 0 Å². The van der Waals surface area contributed by atoms with Crippen molar-refractivity contribution in [1.29, 1.82) is 0 Å². The molecule has 3 aromatic rings. The Balaban J connectivity index is 1.60. The van der Waals surface area contributed by atoms with E-state index >= 15 is 0 Å². The highest BCUT2D eigenvalue weighted by molar-refractivity contribution is 6.02. The molecule has 1 N–H and O–H groups in total. The molecule has 7 heteroatoms. The normalized spacial score (nSPS) is 10.6. The fraction of sp³-hybridized carbons (Fsp3) is 0.227. The van der Waals surface area contributed by atoms with Gasteiger partial charge in [-0.3, -0.25) is 4.79 Å². The van der Waals surface area contributed by atoms with Crippen LogP contribution in [0.5, 0.6) is 5.75 Å². The molecule has 150 valence electrons. The van der Waals surface area contributed by atoms with Gasteiger partial charge in [-0.25, -0.2) is 9.59 Å². The van der Waals surface area contributed by atoms with E-state index in [2.05, 4.69) is 4.98 Å². The number of aromatic amines is 1. The number of aryl methyl sites for hydroxylation is 1. The first-order valence-corrected chi connectivity index (χ1v) is 8.99. The van der Waals surface area contributed by atoms with Crippen molar-refractivity contribution in [1.82, 2.24) is 4.98 Å². The summed E-state index contributed by atoms with van der Waals surface area (Å²) < 4.78 is 15.3. The molecule has 7 nitrogen and oxygen atoms in total. The van der Waals surface area contributed by atoms with Gasteiger partial charge in [-0.05, 0) is 30.9 Å². The Morgan fingerprint density at radius 2 is 1.69 bits per heavy atom. The third-order valence-electron chi connectivity index (χ3n) is 4.57. The van der Waals surface area contributed by atoms with Crippen molar-refractivity contribution < 1.29 is 28.6 Å². The van der Waals surface area contributed by atoms with Crippen molar-refractivity contribution in [3.05, 3.63) is 65.0 Å². The average Bonchev–Trinajstić information content (AvgIpc) is 3.03. The standard InChI is InChI=1S/C22H21NO6/c1-13-20(22(26)27-3)14(2)23-21(13)17(24)11-29-19(25)12-28-18-10-6-8-15-7-4-5-9-16(15)18/h4-10,23H,11-12H2,1-3H3. The number of aromatic nitrogens is 1. The minimum absolute atomic E-state index is 0.214. The highest BCUT2D eigenvalue weighted by Gasteiger charge is 2.23. The third-order valence-corrected chi connectivity index (χ3v) is 4.57. The Hall–Kier alpha value is -3.61. The van der Waals surface area contributed by atoms with E-state index in [4.69, 9.17) is 14.2 Å². The van der Waals surface area contributed by atoms with E-state index in [1.54, 1.807) is 19.9 Å².